The number of esters is 1. The van der Waals surface area contributed by atoms with E-state index >= 15 is 0 Å². The maximum Gasteiger partial charge on any atom is 0.338 e. The Labute approximate surface area is 194 Å². The van der Waals surface area contributed by atoms with E-state index in [-0.39, 0.29) is 4.90 Å². The van der Waals surface area contributed by atoms with E-state index in [1.165, 1.54) is 12.1 Å². The van der Waals surface area contributed by atoms with Gasteiger partial charge < -0.3 is 10.1 Å². The number of nitrogens with one attached hydrogen (secondary N) is 1. The van der Waals surface area contributed by atoms with Crippen molar-refractivity contribution in [2.45, 2.75) is 24.7 Å². The molecule has 0 bridgehead atoms. The van der Waals surface area contributed by atoms with Gasteiger partial charge in [0.05, 0.1) is 22.8 Å². The lowest BCUT2D eigenvalue weighted by atomic mass is 10.2. The number of nitrogens with zero attached hydrogens (tertiary/aromatic N) is 1. The molecule has 8 heteroatoms. The Hall–Kier alpha value is -3.65. The first-order valence-electron chi connectivity index (χ1n) is 10.6. The third kappa shape index (κ3) is 6.43. The Morgan fingerprint density at radius 3 is 2.09 bits per heavy atom. The van der Waals surface area contributed by atoms with Crippen LogP contribution >= 0.6 is 0 Å². The molecular formula is C25H26N2O5S. The minimum atomic E-state index is -3.96. The highest BCUT2D eigenvalue weighted by Crippen LogP contribution is 2.23. The summed E-state index contributed by atoms with van der Waals surface area (Å²) >= 11 is 0. The van der Waals surface area contributed by atoms with Crippen LogP contribution in [0.4, 0.5) is 11.4 Å². The van der Waals surface area contributed by atoms with Gasteiger partial charge in [-0.2, -0.15) is 0 Å². The van der Waals surface area contributed by atoms with Gasteiger partial charge in [0.25, 0.3) is 10.0 Å². The molecule has 0 heterocycles. The van der Waals surface area contributed by atoms with Gasteiger partial charge in [-0.1, -0.05) is 49.7 Å². The summed E-state index contributed by atoms with van der Waals surface area (Å²) in [6, 6.07) is 22.7. The summed E-state index contributed by atoms with van der Waals surface area (Å²) in [7, 11) is -3.96. The standard InChI is InChI=1S/C25H26N2O5S/c1-2-3-18-32-25(29)20-14-16-21(17-15-20)26-24(28)19-27(22-10-6-4-7-11-22)33(30,31)23-12-8-5-9-13-23/h4-17H,2-3,18-19H2,1H3,(H,26,28). The van der Waals surface area contributed by atoms with Gasteiger partial charge in [0.15, 0.2) is 0 Å². The van der Waals surface area contributed by atoms with Crippen molar-refractivity contribution in [2.24, 2.45) is 0 Å². The first kappa shape index (κ1) is 24.0. The molecule has 0 aromatic heterocycles. The Balaban J connectivity index is 1.74. The fourth-order valence-corrected chi connectivity index (χ4v) is 4.48. The summed E-state index contributed by atoms with van der Waals surface area (Å²) in [6.45, 7) is 1.95. The van der Waals surface area contributed by atoms with E-state index in [1.807, 2.05) is 6.92 Å². The number of benzene rings is 3. The Kier molecular flexibility index (Phi) is 8.21. The van der Waals surface area contributed by atoms with Gasteiger partial charge in [-0.05, 0) is 55.0 Å². The molecule has 0 fully saturated rings. The molecule has 0 aliphatic rings. The predicted molar refractivity (Wildman–Crippen MR) is 128 cm³/mol. The smallest absolute Gasteiger partial charge is 0.338 e. The number of unbranched alkanes of at least 4 members (excludes halogenated alkanes) is 1. The molecule has 7 nitrogen and oxygen atoms in total. The van der Waals surface area contributed by atoms with E-state index in [4.69, 9.17) is 4.74 Å². The summed E-state index contributed by atoms with van der Waals surface area (Å²) in [6.07, 6.45) is 1.72. The van der Waals surface area contributed by atoms with Crippen LogP contribution in [-0.4, -0.2) is 33.4 Å². The lowest BCUT2D eigenvalue weighted by Crippen LogP contribution is -2.38. The average Bonchev–Trinajstić information content (AvgIpc) is 2.84. The van der Waals surface area contributed by atoms with Crippen molar-refractivity contribution in [2.75, 3.05) is 22.8 Å². The maximum atomic E-state index is 13.2. The van der Waals surface area contributed by atoms with E-state index < -0.39 is 28.4 Å². The van der Waals surface area contributed by atoms with Crippen molar-refractivity contribution in [3.63, 3.8) is 0 Å². The number of carbonyl (C=O) groups excluding carboxylic acids is 2. The van der Waals surface area contributed by atoms with Crippen LogP contribution in [0.15, 0.2) is 89.8 Å². The first-order chi connectivity index (χ1) is 15.9. The van der Waals surface area contributed by atoms with Crippen LogP contribution < -0.4 is 9.62 Å². The summed E-state index contributed by atoms with van der Waals surface area (Å²) in [5.41, 5.74) is 1.19. The van der Waals surface area contributed by atoms with Crippen LogP contribution in [0.5, 0.6) is 0 Å². The van der Waals surface area contributed by atoms with Gasteiger partial charge in [0, 0.05) is 5.69 Å². The number of anilines is 2. The van der Waals surface area contributed by atoms with E-state index in [0.29, 0.717) is 23.5 Å². The lowest BCUT2D eigenvalue weighted by molar-refractivity contribution is -0.114. The van der Waals surface area contributed by atoms with Crippen molar-refractivity contribution >= 4 is 33.3 Å². The molecule has 3 aromatic rings. The first-order valence-corrected chi connectivity index (χ1v) is 12.1. The van der Waals surface area contributed by atoms with Crippen molar-refractivity contribution in [1.29, 1.82) is 0 Å². The lowest BCUT2D eigenvalue weighted by Gasteiger charge is -2.24. The number of hydrogen-bond acceptors (Lipinski definition) is 5. The van der Waals surface area contributed by atoms with Gasteiger partial charge in [0.2, 0.25) is 5.91 Å². The molecule has 0 spiro atoms. The second-order valence-corrected chi connectivity index (χ2v) is 9.14. The van der Waals surface area contributed by atoms with Crippen molar-refractivity contribution < 1.29 is 22.7 Å². The van der Waals surface area contributed by atoms with Gasteiger partial charge in [-0.3, -0.25) is 9.10 Å². The normalized spacial score (nSPS) is 10.9. The van der Waals surface area contributed by atoms with Gasteiger partial charge >= 0.3 is 5.97 Å². The summed E-state index contributed by atoms with van der Waals surface area (Å²) in [5, 5.41) is 2.69. The maximum absolute atomic E-state index is 13.2. The van der Waals surface area contributed by atoms with Crippen LogP contribution in [0.25, 0.3) is 0 Å². The van der Waals surface area contributed by atoms with Crippen LogP contribution in [0.3, 0.4) is 0 Å². The highest BCUT2D eigenvalue weighted by molar-refractivity contribution is 7.92. The average molecular weight is 467 g/mol. The topological polar surface area (TPSA) is 92.8 Å². The van der Waals surface area contributed by atoms with Crippen molar-refractivity contribution in [3.8, 4) is 0 Å². The Bertz CT molecular complexity index is 1160. The molecule has 0 aliphatic heterocycles. The van der Waals surface area contributed by atoms with Crippen LogP contribution in [0, 0.1) is 0 Å². The molecule has 0 saturated carbocycles. The number of amides is 1. The molecule has 0 radical (unpaired) electrons. The zero-order valence-corrected chi connectivity index (χ0v) is 19.1. The van der Waals surface area contributed by atoms with Gasteiger partial charge in [-0.15, -0.1) is 0 Å². The molecule has 0 unspecified atom stereocenters. The Morgan fingerprint density at radius 2 is 1.48 bits per heavy atom. The molecule has 3 rings (SSSR count). The monoisotopic (exact) mass is 466 g/mol. The molecule has 0 saturated heterocycles. The second kappa shape index (κ2) is 11.3. The van der Waals surface area contributed by atoms with E-state index in [9.17, 15) is 18.0 Å². The van der Waals surface area contributed by atoms with E-state index in [0.717, 1.165) is 17.1 Å². The predicted octanol–water partition coefficient (Wildman–Crippen LogP) is 4.48. The van der Waals surface area contributed by atoms with Crippen LogP contribution in [0.1, 0.15) is 30.1 Å². The Morgan fingerprint density at radius 1 is 0.879 bits per heavy atom. The quantitative estimate of drug-likeness (QED) is 0.351. The number of rotatable bonds is 10. The second-order valence-electron chi connectivity index (χ2n) is 7.28. The van der Waals surface area contributed by atoms with Crippen molar-refractivity contribution in [1.82, 2.24) is 0 Å². The molecule has 3 aromatic carbocycles. The molecular weight excluding hydrogens is 440 g/mol. The summed E-state index contributed by atoms with van der Waals surface area (Å²) < 4.78 is 32.7. The fourth-order valence-electron chi connectivity index (χ4n) is 3.04. The number of sulfonamides is 1. The summed E-state index contributed by atoms with van der Waals surface area (Å²) in [4.78, 5) is 24.9. The third-order valence-corrected chi connectivity index (χ3v) is 6.59. The number of hydrogen-bond donors (Lipinski definition) is 1. The molecule has 0 aliphatic carbocycles. The zero-order chi connectivity index (χ0) is 23.7. The number of ether oxygens (including phenoxy) is 1. The highest BCUT2D eigenvalue weighted by Gasteiger charge is 2.27. The molecule has 33 heavy (non-hydrogen) atoms. The number of carbonyl (C=O) groups is 2. The SMILES string of the molecule is CCCCOC(=O)c1ccc(NC(=O)CN(c2ccccc2)S(=O)(=O)c2ccccc2)cc1. The van der Waals surface area contributed by atoms with Crippen LogP contribution in [-0.2, 0) is 19.6 Å². The zero-order valence-electron chi connectivity index (χ0n) is 18.3. The molecule has 0 atom stereocenters. The van der Waals surface area contributed by atoms with E-state index in [2.05, 4.69) is 5.32 Å². The van der Waals surface area contributed by atoms with Gasteiger partial charge in [-0.25, -0.2) is 13.2 Å². The molecule has 1 N–H and O–H groups in total. The largest absolute Gasteiger partial charge is 0.462 e. The minimum Gasteiger partial charge on any atom is -0.462 e. The number of para-hydroxylation sites is 1. The minimum absolute atomic E-state index is 0.0904. The van der Waals surface area contributed by atoms with Crippen molar-refractivity contribution in [3.05, 3.63) is 90.5 Å². The van der Waals surface area contributed by atoms with Gasteiger partial charge in [0.1, 0.15) is 6.54 Å². The fraction of sp³-hybridized carbons (Fsp3) is 0.200. The molecule has 172 valence electrons. The summed E-state index contributed by atoms with van der Waals surface area (Å²) in [5.74, 6) is -0.942. The molecule has 1 amide bonds. The third-order valence-electron chi connectivity index (χ3n) is 4.80. The van der Waals surface area contributed by atoms with Crippen LogP contribution in [0.2, 0.25) is 0 Å². The van der Waals surface area contributed by atoms with E-state index in [1.54, 1.807) is 72.8 Å². The highest BCUT2D eigenvalue weighted by atomic mass is 32.2.